The summed E-state index contributed by atoms with van der Waals surface area (Å²) in [7, 11) is 0. The van der Waals surface area contributed by atoms with Crippen molar-refractivity contribution in [2.45, 2.75) is 53.1 Å². The molecular weight excluding hydrogens is 340 g/mol. The Hall–Kier alpha value is -2.04. The molecule has 0 spiro atoms. The molecule has 2 saturated heterocycles. The van der Waals surface area contributed by atoms with Gasteiger partial charge in [-0.25, -0.2) is 0 Å². The second-order valence-electron chi connectivity index (χ2n) is 9.17. The van der Waals surface area contributed by atoms with Crippen LogP contribution in [0.5, 0.6) is 0 Å². The summed E-state index contributed by atoms with van der Waals surface area (Å²) in [6, 6.07) is 6.38. The predicted molar refractivity (Wildman–Crippen MR) is 105 cm³/mol. The van der Waals surface area contributed by atoms with Crippen molar-refractivity contribution >= 4 is 17.6 Å². The lowest BCUT2D eigenvalue weighted by atomic mass is 9.66. The predicted octanol–water partition coefficient (Wildman–Crippen LogP) is 3.07. The fraction of sp³-hybridized carbons (Fsp3) is 0.636. The van der Waals surface area contributed by atoms with Crippen LogP contribution in [0.2, 0.25) is 0 Å². The van der Waals surface area contributed by atoms with E-state index in [1.807, 2.05) is 25.7 Å². The molecule has 2 atom stereocenters. The maximum absolute atomic E-state index is 13.5. The molecule has 5 nitrogen and oxygen atoms in total. The molecule has 1 aliphatic carbocycles. The summed E-state index contributed by atoms with van der Waals surface area (Å²) in [4.78, 5) is 30.2. The van der Waals surface area contributed by atoms with Crippen LogP contribution in [0.1, 0.15) is 44.7 Å². The minimum atomic E-state index is -0.986. The van der Waals surface area contributed by atoms with Gasteiger partial charge in [0.05, 0.1) is 5.41 Å². The lowest BCUT2D eigenvalue weighted by Gasteiger charge is -2.43. The van der Waals surface area contributed by atoms with Gasteiger partial charge >= 0.3 is 5.97 Å². The van der Waals surface area contributed by atoms with Gasteiger partial charge in [0.1, 0.15) is 0 Å². The van der Waals surface area contributed by atoms with Crippen LogP contribution in [-0.2, 0) is 14.3 Å². The molecule has 146 valence electrons. The molecule has 1 saturated carbocycles. The molecule has 1 aromatic rings. The number of amides is 1. The highest BCUT2D eigenvalue weighted by atomic mass is 16.6. The molecule has 4 rings (SSSR count). The van der Waals surface area contributed by atoms with Gasteiger partial charge in [-0.3, -0.25) is 9.59 Å². The quantitative estimate of drug-likeness (QED) is 0.751. The second kappa shape index (κ2) is 5.73. The number of anilines is 1. The van der Waals surface area contributed by atoms with E-state index in [4.69, 9.17) is 4.74 Å². The normalized spacial score (nSPS) is 32.0. The summed E-state index contributed by atoms with van der Waals surface area (Å²) in [6.45, 7) is 13.2. The maximum atomic E-state index is 13.5. The van der Waals surface area contributed by atoms with E-state index >= 15 is 0 Å². The van der Waals surface area contributed by atoms with Gasteiger partial charge in [-0.15, -0.1) is 0 Å². The third-order valence-corrected chi connectivity index (χ3v) is 7.91. The van der Waals surface area contributed by atoms with Crippen LogP contribution in [-0.4, -0.2) is 48.6 Å². The van der Waals surface area contributed by atoms with Crippen molar-refractivity contribution in [3.05, 3.63) is 29.3 Å². The summed E-state index contributed by atoms with van der Waals surface area (Å²) in [5, 5.41) is 0. The van der Waals surface area contributed by atoms with Gasteiger partial charge in [0.25, 0.3) is 5.91 Å². The van der Waals surface area contributed by atoms with Gasteiger partial charge in [0, 0.05) is 37.3 Å². The number of ether oxygens (including phenoxy) is 1. The Kier molecular flexibility index (Phi) is 3.89. The standard InChI is InChI=1S/C22H30N2O3/c1-15-7-6-8-17(16(15)2)23-11-13-24(14-12-23)18(25)22-10-9-21(5,19(26)27-22)20(22,3)4/h6-8H,9-14H2,1-5H3/t21-,22+/m1/s1. The number of aryl methyl sites for hydroxylation is 1. The molecule has 2 heterocycles. The molecule has 0 N–H and O–H groups in total. The van der Waals surface area contributed by atoms with E-state index in [2.05, 4.69) is 36.9 Å². The van der Waals surface area contributed by atoms with E-state index in [9.17, 15) is 9.59 Å². The number of carbonyl (C=O) groups excluding carboxylic acids is 2. The Morgan fingerprint density at radius 2 is 1.70 bits per heavy atom. The Morgan fingerprint density at radius 3 is 2.26 bits per heavy atom. The van der Waals surface area contributed by atoms with Gasteiger partial charge in [0.2, 0.25) is 0 Å². The summed E-state index contributed by atoms with van der Waals surface area (Å²) in [6.07, 6.45) is 1.37. The first-order valence-corrected chi connectivity index (χ1v) is 9.98. The van der Waals surface area contributed by atoms with E-state index in [1.165, 1.54) is 16.8 Å². The molecule has 2 bridgehead atoms. The van der Waals surface area contributed by atoms with Crippen molar-refractivity contribution in [3.63, 3.8) is 0 Å². The average molecular weight is 370 g/mol. The number of rotatable bonds is 2. The smallest absolute Gasteiger partial charge is 0.313 e. The molecule has 0 radical (unpaired) electrons. The number of nitrogens with zero attached hydrogens (tertiary/aromatic N) is 2. The highest BCUT2D eigenvalue weighted by molar-refractivity contribution is 5.96. The van der Waals surface area contributed by atoms with Crippen molar-refractivity contribution in [1.82, 2.24) is 4.90 Å². The molecule has 27 heavy (non-hydrogen) atoms. The number of hydrogen-bond acceptors (Lipinski definition) is 4. The molecule has 2 aliphatic heterocycles. The van der Waals surface area contributed by atoms with Crippen molar-refractivity contribution in [2.24, 2.45) is 10.8 Å². The van der Waals surface area contributed by atoms with Crippen LogP contribution < -0.4 is 4.90 Å². The average Bonchev–Trinajstić information content (AvgIpc) is 2.94. The third-order valence-electron chi connectivity index (χ3n) is 7.91. The van der Waals surface area contributed by atoms with Crippen LogP contribution in [0.15, 0.2) is 18.2 Å². The number of hydrogen-bond donors (Lipinski definition) is 0. The number of benzene rings is 1. The summed E-state index contributed by atoms with van der Waals surface area (Å²) >= 11 is 0. The summed E-state index contributed by atoms with van der Waals surface area (Å²) in [5.41, 5.74) is 1.83. The second-order valence-corrected chi connectivity index (χ2v) is 9.17. The Labute approximate surface area is 161 Å². The Balaban J connectivity index is 1.52. The van der Waals surface area contributed by atoms with Gasteiger partial charge in [-0.2, -0.15) is 0 Å². The Bertz CT molecular complexity index is 810. The zero-order chi connectivity index (χ0) is 19.6. The molecule has 1 aromatic carbocycles. The van der Waals surface area contributed by atoms with Gasteiger partial charge in [-0.1, -0.05) is 26.0 Å². The molecule has 0 unspecified atom stereocenters. The van der Waals surface area contributed by atoms with Crippen LogP contribution in [0, 0.1) is 24.7 Å². The van der Waals surface area contributed by atoms with Crippen LogP contribution in [0.4, 0.5) is 5.69 Å². The number of piperazine rings is 1. The molecule has 0 aromatic heterocycles. The minimum Gasteiger partial charge on any atom is -0.448 e. The summed E-state index contributed by atoms with van der Waals surface area (Å²) < 4.78 is 5.78. The zero-order valence-electron chi connectivity index (χ0n) is 17.1. The molecule has 3 aliphatic rings. The van der Waals surface area contributed by atoms with Crippen molar-refractivity contribution in [3.8, 4) is 0 Å². The van der Waals surface area contributed by atoms with Gasteiger partial charge in [-0.05, 0) is 50.8 Å². The molecular formula is C22H30N2O3. The molecule has 3 fully saturated rings. The van der Waals surface area contributed by atoms with E-state index < -0.39 is 16.4 Å². The van der Waals surface area contributed by atoms with Crippen molar-refractivity contribution in [2.75, 3.05) is 31.1 Å². The van der Waals surface area contributed by atoms with Crippen LogP contribution in [0.25, 0.3) is 0 Å². The lowest BCUT2D eigenvalue weighted by molar-refractivity contribution is -0.174. The van der Waals surface area contributed by atoms with Crippen LogP contribution >= 0.6 is 0 Å². The third kappa shape index (κ3) is 2.23. The first-order chi connectivity index (χ1) is 12.6. The molecule has 5 heteroatoms. The maximum Gasteiger partial charge on any atom is 0.313 e. The lowest BCUT2D eigenvalue weighted by Crippen LogP contribution is -2.59. The molecule has 1 amide bonds. The minimum absolute atomic E-state index is 0.00249. The fourth-order valence-electron chi connectivity index (χ4n) is 5.21. The van der Waals surface area contributed by atoms with Gasteiger partial charge < -0.3 is 14.5 Å². The number of fused-ring (bicyclic) bond motifs is 2. The fourth-order valence-corrected chi connectivity index (χ4v) is 5.21. The first-order valence-electron chi connectivity index (χ1n) is 9.98. The topological polar surface area (TPSA) is 49.9 Å². The SMILES string of the molecule is Cc1cccc(N2CCN(C(=O)[C@]34CC[C@](C)(C(=O)O3)C4(C)C)CC2)c1C. The Morgan fingerprint density at radius 1 is 1.04 bits per heavy atom. The van der Waals surface area contributed by atoms with Crippen molar-refractivity contribution < 1.29 is 14.3 Å². The van der Waals surface area contributed by atoms with E-state index in [-0.39, 0.29) is 11.9 Å². The zero-order valence-corrected chi connectivity index (χ0v) is 17.1. The highest BCUT2D eigenvalue weighted by Crippen LogP contribution is 2.66. The first kappa shape index (κ1) is 18.3. The number of esters is 1. The monoisotopic (exact) mass is 370 g/mol. The largest absolute Gasteiger partial charge is 0.448 e. The number of carbonyl (C=O) groups is 2. The van der Waals surface area contributed by atoms with Crippen molar-refractivity contribution in [1.29, 1.82) is 0 Å². The van der Waals surface area contributed by atoms with Crippen LogP contribution in [0.3, 0.4) is 0 Å². The van der Waals surface area contributed by atoms with E-state index in [1.54, 1.807) is 0 Å². The van der Waals surface area contributed by atoms with E-state index in [0.717, 1.165) is 19.5 Å². The highest BCUT2D eigenvalue weighted by Gasteiger charge is 2.76. The van der Waals surface area contributed by atoms with E-state index in [0.29, 0.717) is 19.5 Å². The van der Waals surface area contributed by atoms with Gasteiger partial charge in [0.15, 0.2) is 5.60 Å². The summed E-state index contributed by atoms with van der Waals surface area (Å²) in [5.74, 6) is -0.205.